The number of fused-ring (bicyclic) bond motifs is 1. The van der Waals surface area contributed by atoms with Gasteiger partial charge in [-0.25, -0.2) is 4.98 Å². The molecule has 3 rings (SSSR count). The molecule has 3 heterocycles. The molecule has 0 unspecified atom stereocenters. The Labute approximate surface area is 98.4 Å². The lowest BCUT2D eigenvalue weighted by Crippen LogP contribution is -2.43. The normalized spacial score (nSPS) is 19.6. The minimum absolute atomic E-state index is 0.607. The van der Waals surface area contributed by atoms with Crippen molar-refractivity contribution < 1.29 is 5.11 Å². The van der Waals surface area contributed by atoms with Gasteiger partial charge in [0.25, 0.3) is 0 Å². The number of hydrogen-bond acceptors (Lipinski definition) is 5. The van der Waals surface area contributed by atoms with Crippen molar-refractivity contribution in [3.05, 3.63) is 17.8 Å². The number of aromatic nitrogens is 4. The highest BCUT2D eigenvalue weighted by atomic mass is 16.3. The standard InChI is InChI=1S/C11H15N5O/c17-11(1-3-12-4-2-11)6-8-5-9-10(13-7-8)15-16-14-9/h5,7,12,17H,1-4,6H2,(H,13,14,15,16). The van der Waals surface area contributed by atoms with E-state index in [-0.39, 0.29) is 0 Å². The van der Waals surface area contributed by atoms with Crippen LogP contribution in [0.15, 0.2) is 12.3 Å². The summed E-state index contributed by atoms with van der Waals surface area (Å²) in [5.41, 5.74) is 1.77. The average Bonchev–Trinajstić information content (AvgIpc) is 2.76. The Balaban J connectivity index is 1.83. The summed E-state index contributed by atoms with van der Waals surface area (Å²) in [5, 5.41) is 24.1. The number of rotatable bonds is 2. The van der Waals surface area contributed by atoms with Crippen molar-refractivity contribution in [2.45, 2.75) is 24.9 Å². The third kappa shape index (κ3) is 2.13. The monoisotopic (exact) mass is 233 g/mol. The molecule has 1 fully saturated rings. The maximum absolute atomic E-state index is 10.4. The number of piperidine rings is 1. The Hall–Kier alpha value is -1.53. The van der Waals surface area contributed by atoms with E-state index in [1.54, 1.807) is 6.20 Å². The van der Waals surface area contributed by atoms with Gasteiger partial charge in [0.05, 0.1) is 5.60 Å². The van der Waals surface area contributed by atoms with Crippen LogP contribution in [0.2, 0.25) is 0 Å². The molecule has 0 amide bonds. The number of aliphatic hydroxyl groups is 1. The molecular formula is C11H15N5O. The molecule has 6 heteroatoms. The molecule has 1 aliphatic heterocycles. The molecule has 0 aromatic carbocycles. The number of nitrogens with zero attached hydrogens (tertiary/aromatic N) is 3. The Kier molecular flexibility index (Phi) is 2.53. The van der Waals surface area contributed by atoms with Crippen LogP contribution in [0.4, 0.5) is 0 Å². The predicted octanol–water partition coefficient (Wildman–Crippen LogP) is 0.00990. The van der Waals surface area contributed by atoms with Crippen LogP contribution in [0, 0.1) is 0 Å². The lowest BCUT2D eigenvalue weighted by Gasteiger charge is -2.32. The third-order valence-electron chi connectivity index (χ3n) is 3.30. The maximum atomic E-state index is 10.4. The van der Waals surface area contributed by atoms with Crippen LogP contribution in [-0.2, 0) is 6.42 Å². The van der Waals surface area contributed by atoms with Gasteiger partial charge in [0, 0.05) is 12.6 Å². The molecule has 1 aliphatic rings. The van der Waals surface area contributed by atoms with E-state index in [9.17, 15) is 5.11 Å². The highest BCUT2D eigenvalue weighted by Gasteiger charge is 2.29. The summed E-state index contributed by atoms with van der Waals surface area (Å²) in [6.07, 6.45) is 3.96. The van der Waals surface area contributed by atoms with Crippen LogP contribution in [0.3, 0.4) is 0 Å². The van der Waals surface area contributed by atoms with Crippen LogP contribution < -0.4 is 5.32 Å². The number of aromatic amines is 1. The highest BCUT2D eigenvalue weighted by Crippen LogP contribution is 2.23. The van der Waals surface area contributed by atoms with Gasteiger partial charge in [-0.15, -0.1) is 5.10 Å². The third-order valence-corrected chi connectivity index (χ3v) is 3.30. The molecule has 1 saturated heterocycles. The first kappa shape index (κ1) is 10.6. The Morgan fingerprint density at radius 1 is 1.29 bits per heavy atom. The second kappa shape index (κ2) is 4.05. The van der Waals surface area contributed by atoms with E-state index in [0.29, 0.717) is 12.1 Å². The van der Waals surface area contributed by atoms with Gasteiger partial charge in [-0.3, -0.25) is 0 Å². The molecule has 0 atom stereocenters. The Morgan fingerprint density at radius 3 is 2.94 bits per heavy atom. The lowest BCUT2D eigenvalue weighted by molar-refractivity contribution is 0.0108. The van der Waals surface area contributed by atoms with E-state index in [2.05, 4.69) is 25.7 Å². The molecule has 17 heavy (non-hydrogen) atoms. The van der Waals surface area contributed by atoms with Gasteiger partial charge in [0.15, 0.2) is 0 Å². The summed E-state index contributed by atoms with van der Waals surface area (Å²) in [6.45, 7) is 1.74. The molecule has 2 aromatic heterocycles. The first-order valence-corrected chi connectivity index (χ1v) is 5.84. The van der Waals surface area contributed by atoms with Crippen LogP contribution in [0.5, 0.6) is 0 Å². The minimum Gasteiger partial charge on any atom is -0.389 e. The van der Waals surface area contributed by atoms with E-state index in [0.717, 1.165) is 37.0 Å². The predicted molar refractivity (Wildman–Crippen MR) is 62.4 cm³/mol. The second-order valence-corrected chi connectivity index (χ2v) is 4.66. The van der Waals surface area contributed by atoms with Gasteiger partial charge in [0.2, 0.25) is 5.65 Å². The summed E-state index contributed by atoms with van der Waals surface area (Å²) in [5.74, 6) is 0. The van der Waals surface area contributed by atoms with Gasteiger partial charge in [-0.1, -0.05) is 0 Å². The maximum Gasteiger partial charge on any atom is 0.201 e. The van der Waals surface area contributed by atoms with E-state index >= 15 is 0 Å². The van der Waals surface area contributed by atoms with Crippen molar-refractivity contribution in [1.29, 1.82) is 0 Å². The van der Waals surface area contributed by atoms with Crippen LogP contribution in [-0.4, -0.2) is 44.2 Å². The van der Waals surface area contributed by atoms with Crippen molar-refractivity contribution in [3.63, 3.8) is 0 Å². The topological polar surface area (TPSA) is 86.7 Å². The van der Waals surface area contributed by atoms with E-state index in [1.165, 1.54) is 0 Å². The van der Waals surface area contributed by atoms with Gasteiger partial charge in [-0.05, 0) is 37.6 Å². The molecule has 2 aromatic rings. The van der Waals surface area contributed by atoms with Crippen LogP contribution >= 0.6 is 0 Å². The molecule has 0 radical (unpaired) electrons. The summed E-state index contributed by atoms with van der Waals surface area (Å²) in [4.78, 5) is 4.21. The van der Waals surface area contributed by atoms with Crippen molar-refractivity contribution in [2.24, 2.45) is 0 Å². The fourth-order valence-corrected chi connectivity index (χ4v) is 2.33. The van der Waals surface area contributed by atoms with E-state index in [1.807, 2.05) is 6.07 Å². The molecule has 3 N–H and O–H groups in total. The SMILES string of the molecule is OC1(Cc2cnc3n[nH]nc3c2)CCNCC1. The molecule has 0 bridgehead atoms. The summed E-state index contributed by atoms with van der Waals surface area (Å²) in [6, 6.07) is 1.94. The first-order valence-electron chi connectivity index (χ1n) is 5.84. The Bertz CT molecular complexity index is 517. The van der Waals surface area contributed by atoms with Gasteiger partial charge in [-0.2, -0.15) is 10.3 Å². The molecule has 0 spiro atoms. The zero-order valence-corrected chi connectivity index (χ0v) is 9.48. The molecule has 6 nitrogen and oxygen atoms in total. The number of hydrogen-bond donors (Lipinski definition) is 3. The number of nitrogens with one attached hydrogen (secondary N) is 2. The van der Waals surface area contributed by atoms with Crippen molar-refractivity contribution in [3.8, 4) is 0 Å². The summed E-state index contributed by atoms with van der Waals surface area (Å²) in [7, 11) is 0. The zero-order chi connectivity index (χ0) is 11.7. The van der Waals surface area contributed by atoms with Crippen molar-refractivity contribution in [2.75, 3.05) is 13.1 Å². The Morgan fingerprint density at radius 2 is 2.12 bits per heavy atom. The van der Waals surface area contributed by atoms with E-state index in [4.69, 9.17) is 0 Å². The van der Waals surface area contributed by atoms with E-state index < -0.39 is 5.60 Å². The number of pyridine rings is 1. The van der Waals surface area contributed by atoms with Crippen LogP contribution in [0.25, 0.3) is 11.2 Å². The summed E-state index contributed by atoms with van der Waals surface area (Å²) >= 11 is 0. The smallest absolute Gasteiger partial charge is 0.201 e. The molecule has 0 saturated carbocycles. The van der Waals surface area contributed by atoms with Crippen LogP contribution in [0.1, 0.15) is 18.4 Å². The van der Waals surface area contributed by atoms with Gasteiger partial charge in [0.1, 0.15) is 5.52 Å². The fraction of sp³-hybridized carbons (Fsp3) is 0.545. The minimum atomic E-state index is -0.607. The average molecular weight is 233 g/mol. The molecule has 0 aliphatic carbocycles. The van der Waals surface area contributed by atoms with Gasteiger partial charge >= 0.3 is 0 Å². The quantitative estimate of drug-likeness (QED) is 0.680. The summed E-state index contributed by atoms with van der Waals surface area (Å²) < 4.78 is 0. The van der Waals surface area contributed by atoms with Crippen molar-refractivity contribution >= 4 is 11.2 Å². The fourth-order valence-electron chi connectivity index (χ4n) is 2.33. The zero-order valence-electron chi connectivity index (χ0n) is 9.48. The number of H-pyrrole nitrogens is 1. The second-order valence-electron chi connectivity index (χ2n) is 4.66. The molecule has 90 valence electrons. The largest absolute Gasteiger partial charge is 0.389 e. The van der Waals surface area contributed by atoms with Crippen molar-refractivity contribution in [1.82, 2.24) is 25.7 Å². The lowest BCUT2D eigenvalue weighted by atomic mass is 9.86. The van der Waals surface area contributed by atoms with Gasteiger partial charge < -0.3 is 10.4 Å². The first-order chi connectivity index (χ1) is 8.25. The highest BCUT2D eigenvalue weighted by molar-refractivity contribution is 5.69. The molecular weight excluding hydrogens is 218 g/mol.